The first-order valence-electron chi connectivity index (χ1n) is 5.68. The van der Waals surface area contributed by atoms with Crippen molar-refractivity contribution >= 4 is 21.6 Å². The highest BCUT2D eigenvalue weighted by molar-refractivity contribution is 7.90. The second kappa shape index (κ2) is 4.81. The average Bonchev–Trinajstić information content (AvgIpc) is 2.12. The Hall–Kier alpha value is -0.620. The van der Waals surface area contributed by atoms with Gasteiger partial charge in [0.2, 0.25) is 10.0 Å². The van der Waals surface area contributed by atoms with E-state index in [9.17, 15) is 8.42 Å². The topological polar surface area (TPSA) is 55.4 Å². The molecule has 0 bridgehead atoms. The highest BCUT2D eigenvalue weighted by Gasteiger charge is 2.36. The molecule has 18 heavy (non-hydrogen) atoms. The molecule has 1 heterocycles. The first-order valence-corrected chi connectivity index (χ1v) is 7.60. The molecule has 6 heteroatoms. The van der Waals surface area contributed by atoms with E-state index >= 15 is 0 Å². The van der Waals surface area contributed by atoms with Crippen LogP contribution in [0.15, 0.2) is 24.3 Å². The SMILES string of the molecule is CC(C)(NS(=O)(=O)C1COC1)c1ccc(Cl)cc1. The van der Waals surface area contributed by atoms with E-state index in [1.165, 1.54) is 0 Å². The molecule has 0 aromatic heterocycles. The van der Waals surface area contributed by atoms with Gasteiger partial charge in [0, 0.05) is 5.02 Å². The minimum atomic E-state index is -3.35. The van der Waals surface area contributed by atoms with E-state index in [4.69, 9.17) is 16.3 Å². The Kier molecular flexibility index (Phi) is 3.69. The summed E-state index contributed by atoms with van der Waals surface area (Å²) in [6, 6.07) is 7.14. The highest BCUT2D eigenvalue weighted by Crippen LogP contribution is 2.24. The Labute approximate surface area is 112 Å². The van der Waals surface area contributed by atoms with E-state index in [1.54, 1.807) is 12.1 Å². The van der Waals surface area contributed by atoms with Crippen LogP contribution in [0.5, 0.6) is 0 Å². The lowest BCUT2D eigenvalue weighted by Gasteiger charge is -2.32. The summed E-state index contributed by atoms with van der Waals surface area (Å²) in [4.78, 5) is 0. The standard InChI is InChI=1S/C12H16ClNO3S/c1-12(2,9-3-5-10(13)6-4-9)14-18(15,16)11-7-17-8-11/h3-6,11,14H,7-8H2,1-2H3. The summed E-state index contributed by atoms with van der Waals surface area (Å²) in [6.45, 7) is 4.19. The lowest BCUT2D eigenvalue weighted by atomic mass is 9.96. The van der Waals surface area contributed by atoms with E-state index in [0.29, 0.717) is 5.02 Å². The fourth-order valence-corrected chi connectivity index (χ4v) is 3.43. The largest absolute Gasteiger partial charge is 0.378 e. The molecule has 0 amide bonds. The fraction of sp³-hybridized carbons (Fsp3) is 0.500. The normalized spacial score (nSPS) is 17.5. The van der Waals surface area contributed by atoms with Crippen LogP contribution in [0.2, 0.25) is 5.02 Å². The van der Waals surface area contributed by atoms with Crippen molar-refractivity contribution in [1.29, 1.82) is 0 Å². The van der Waals surface area contributed by atoms with E-state index in [2.05, 4.69) is 4.72 Å². The van der Waals surface area contributed by atoms with E-state index in [1.807, 2.05) is 26.0 Å². The van der Waals surface area contributed by atoms with Crippen LogP contribution < -0.4 is 4.72 Å². The van der Waals surface area contributed by atoms with Crippen molar-refractivity contribution < 1.29 is 13.2 Å². The Morgan fingerprint density at radius 1 is 1.28 bits per heavy atom. The van der Waals surface area contributed by atoms with Gasteiger partial charge in [-0.1, -0.05) is 23.7 Å². The molecule has 1 aliphatic rings. The summed E-state index contributed by atoms with van der Waals surface area (Å²) >= 11 is 5.82. The van der Waals surface area contributed by atoms with Crippen LogP contribution in [0, 0.1) is 0 Å². The molecule has 1 aliphatic heterocycles. The van der Waals surface area contributed by atoms with Gasteiger partial charge in [-0.25, -0.2) is 13.1 Å². The van der Waals surface area contributed by atoms with Crippen LogP contribution in [-0.4, -0.2) is 26.9 Å². The van der Waals surface area contributed by atoms with Crippen molar-refractivity contribution in [3.63, 3.8) is 0 Å². The summed E-state index contributed by atoms with van der Waals surface area (Å²) in [6.07, 6.45) is 0. The van der Waals surface area contributed by atoms with Crippen molar-refractivity contribution in [3.05, 3.63) is 34.9 Å². The zero-order chi connectivity index (χ0) is 13.4. The lowest BCUT2D eigenvalue weighted by molar-refractivity contribution is 0.0407. The third kappa shape index (κ3) is 2.85. The molecule has 0 atom stereocenters. The number of hydrogen-bond acceptors (Lipinski definition) is 3. The first kappa shape index (κ1) is 13.8. The Bertz CT molecular complexity index is 521. The van der Waals surface area contributed by atoms with Crippen molar-refractivity contribution in [2.75, 3.05) is 13.2 Å². The average molecular weight is 290 g/mol. The second-order valence-electron chi connectivity index (χ2n) is 4.94. The van der Waals surface area contributed by atoms with Gasteiger partial charge >= 0.3 is 0 Å². The monoisotopic (exact) mass is 289 g/mol. The summed E-state index contributed by atoms with van der Waals surface area (Å²) in [5.74, 6) is 0. The van der Waals surface area contributed by atoms with Gasteiger partial charge in [-0.3, -0.25) is 0 Å². The molecule has 1 N–H and O–H groups in total. The van der Waals surface area contributed by atoms with Crippen LogP contribution in [0.3, 0.4) is 0 Å². The maximum atomic E-state index is 12.1. The first-order chi connectivity index (χ1) is 8.31. The molecule has 2 rings (SSSR count). The van der Waals surface area contributed by atoms with Gasteiger partial charge in [0.1, 0.15) is 5.25 Å². The Morgan fingerprint density at radius 2 is 1.83 bits per heavy atom. The van der Waals surface area contributed by atoms with Crippen LogP contribution >= 0.6 is 11.6 Å². The van der Waals surface area contributed by atoms with Crippen molar-refractivity contribution in [2.45, 2.75) is 24.6 Å². The van der Waals surface area contributed by atoms with Gasteiger partial charge in [-0.15, -0.1) is 0 Å². The second-order valence-corrected chi connectivity index (χ2v) is 7.34. The minimum absolute atomic E-state index is 0.270. The van der Waals surface area contributed by atoms with Gasteiger partial charge in [0.15, 0.2) is 0 Å². The maximum absolute atomic E-state index is 12.1. The Balaban J connectivity index is 2.18. The molecule has 100 valence electrons. The zero-order valence-corrected chi connectivity index (χ0v) is 11.9. The van der Waals surface area contributed by atoms with Crippen LogP contribution in [0.25, 0.3) is 0 Å². The molecule has 0 unspecified atom stereocenters. The summed E-state index contributed by atoms with van der Waals surface area (Å²) in [5, 5.41) is 0.189. The van der Waals surface area contributed by atoms with Crippen molar-refractivity contribution in [3.8, 4) is 0 Å². The number of nitrogens with one attached hydrogen (secondary N) is 1. The minimum Gasteiger partial charge on any atom is -0.378 e. The molecule has 0 aliphatic carbocycles. The molecular formula is C12H16ClNO3S. The number of halogens is 1. The molecule has 1 fully saturated rings. The van der Waals surface area contributed by atoms with Crippen molar-refractivity contribution in [2.24, 2.45) is 0 Å². The number of ether oxygens (including phenoxy) is 1. The fourth-order valence-electron chi connectivity index (χ4n) is 1.76. The van der Waals surface area contributed by atoms with Crippen LogP contribution in [-0.2, 0) is 20.3 Å². The van der Waals surface area contributed by atoms with E-state index < -0.39 is 20.8 Å². The van der Waals surface area contributed by atoms with Gasteiger partial charge in [-0.05, 0) is 31.5 Å². The number of rotatable bonds is 4. The van der Waals surface area contributed by atoms with Crippen molar-refractivity contribution in [1.82, 2.24) is 4.72 Å². The molecule has 1 saturated heterocycles. The van der Waals surface area contributed by atoms with E-state index in [-0.39, 0.29) is 13.2 Å². The maximum Gasteiger partial charge on any atom is 0.219 e. The molecular weight excluding hydrogens is 274 g/mol. The number of benzene rings is 1. The Morgan fingerprint density at radius 3 is 2.28 bits per heavy atom. The number of hydrogen-bond donors (Lipinski definition) is 1. The van der Waals surface area contributed by atoms with Gasteiger partial charge in [-0.2, -0.15) is 0 Å². The summed E-state index contributed by atoms with van der Waals surface area (Å²) in [5.41, 5.74) is 0.203. The molecule has 4 nitrogen and oxygen atoms in total. The van der Waals surface area contributed by atoms with Gasteiger partial charge in [0.25, 0.3) is 0 Å². The zero-order valence-electron chi connectivity index (χ0n) is 10.3. The highest BCUT2D eigenvalue weighted by atomic mass is 35.5. The molecule has 0 radical (unpaired) electrons. The number of sulfonamides is 1. The smallest absolute Gasteiger partial charge is 0.219 e. The van der Waals surface area contributed by atoms with Gasteiger partial charge < -0.3 is 4.74 Å². The molecule has 1 aromatic carbocycles. The predicted octanol–water partition coefficient (Wildman–Crippen LogP) is 1.89. The predicted molar refractivity (Wildman–Crippen MR) is 71.1 cm³/mol. The van der Waals surface area contributed by atoms with Crippen LogP contribution in [0.4, 0.5) is 0 Å². The lowest BCUT2D eigenvalue weighted by Crippen LogP contribution is -2.52. The quantitative estimate of drug-likeness (QED) is 0.921. The molecule has 0 spiro atoms. The third-order valence-electron chi connectivity index (χ3n) is 3.01. The molecule has 0 saturated carbocycles. The van der Waals surface area contributed by atoms with Gasteiger partial charge in [0.05, 0.1) is 18.8 Å². The van der Waals surface area contributed by atoms with E-state index in [0.717, 1.165) is 5.56 Å². The summed E-state index contributed by atoms with van der Waals surface area (Å²) in [7, 11) is -3.35. The third-order valence-corrected chi connectivity index (χ3v) is 5.21. The summed E-state index contributed by atoms with van der Waals surface area (Å²) < 4.78 is 31.7. The molecule has 1 aromatic rings. The van der Waals surface area contributed by atoms with Crippen LogP contribution in [0.1, 0.15) is 19.4 Å².